The highest BCUT2D eigenvalue weighted by Gasteiger charge is 2.32. The minimum atomic E-state index is -0.259. The zero-order valence-electron chi connectivity index (χ0n) is 12.7. The Labute approximate surface area is 132 Å². The topological polar surface area (TPSA) is 64.0 Å². The molecule has 1 aromatic heterocycles. The molecule has 0 saturated carbocycles. The van der Waals surface area contributed by atoms with Gasteiger partial charge in [0.05, 0.1) is 5.56 Å². The van der Waals surface area contributed by atoms with Gasteiger partial charge in [0.25, 0.3) is 5.56 Å². The average Bonchev–Trinajstić information content (AvgIpc) is 2.50. The van der Waals surface area contributed by atoms with Gasteiger partial charge in [0.1, 0.15) is 5.82 Å². The number of aryl methyl sites for hydroxylation is 1. The van der Waals surface area contributed by atoms with Gasteiger partial charge in [-0.25, -0.2) is 0 Å². The highest BCUT2D eigenvalue weighted by Crippen LogP contribution is 2.36. The number of anilines is 1. The van der Waals surface area contributed by atoms with E-state index in [1.165, 1.54) is 11.8 Å². The van der Waals surface area contributed by atoms with Gasteiger partial charge in [-0.05, 0) is 24.3 Å². The van der Waals surface area contributed by atoms with Crippen molar-refractivity contribution < 1.29 is 4.79 Å². The van der Waals surface area contributed by atoms with Crippen LogP contribution in [-0.4, -0.2) is 21.7 Å². The fourth-order valence-corrected chi connectivity index (χ4v) is 3.50. The Hall–Kier alpha value is -2.08. The number of rotatable bonds is 2. The van der Waals surface area contributed by atoms with Gasteiger partial charge < -0.3 is 9.88 Å². The summed E-state index contributed by atoms with van der Waals surface area (Å²) in [5.41, 5.74) is 2.40. The zero-order chi connectivity index (χ0) is 15.9. The minimum Gasteiger partial charge on any atom is -0.312 e. The summed E-state index contributed by atoms with van der Waals surface area (Å²) < 4.78 is 1.78. The molecule has 114 valence electrons. The molecule has 2 heterocycles. The second kappa shape index (κ2) is 5.61. The number of fused-ring (bicyclic) bond motifs is 1. The molecule has 0 radical (unpaired) electrons. The Morgan fingerprint density at radius 1 is 1.32 bits per heavy atom. The van der Waals surface area contributed by atoms with Crippen molar-refractivity contribution in [1.82, 2.24) is 9.55 Å². The Balaban J connectivity index is 2.27. The number of amides is 1. The molecule has 0 bridgehead atoms. The molecule has 5 nitrogen and oxygen atoms in total. The third-order valence-electron chi connectivity index (χ3n) is 4.05. The average molecular weight is 315 g/mol. The number of carbonyl (C=O) groups excluding carboxylic acids is 1. The number of hydrogen-bond donors (Lipinski definition) is 1. The molecule has 2 aromatic rings. The van der Waals surface area contributed by atoms with Crippen LogP contribution in [0.15, 0.2) is 34.2 Å². The summed E-state index contributed by atoms with van der Waals surface area (Å²) in [6, 6.07) is 7.86. The van der Waals surface area contributed by atoms with Crippen molar-refractivity contribution in [3.8, 4) is 0 Å². The van der Waals surface area contributed by atoms with Crippen molar-refractivity contribution in [1.29, 1.82) is 0 Å². The molecule has 0 fully saturated rings. The van der Waals surface area contributed by atoms with Crippen molar-refractivity contribution in [2.24, 2.45) is 7.05 Å². The molecule has 1 aromatic carbocycles. The summed E-state index contributed by atoms with van der Waals surface area (Å²) in [4.78, 5) is 28.8. The van der Waals surface area contributed by atoms with E-state index < -0.39 is 0 Å². The van der Waals surface area contributed by atoms with E-state index >= 15 is 0 Å². The first-order valence-corrected chi connectivity index (χ1v) is 8.25. The van der Waals surface area contributed by atoms with Gasteiger partial charge in [0.15, 0.2) is 5.16 Å². The van der Waals surface area contributed by atoms with Crippen LogP contribution in [0, 0.1) is 6.92 Å². The van der Waals surface area contributed by atoms with Crippen LogP contribution in [0.3, 0.4) is 0 Å². The fraction of sp³-hybridized carbons (Fsp3) is 0.312. The summed E-state index contributed by atoms with van der Waals surface area (Å²) in [7, 11) is 1.82. The maximum atomic E-state index is 12.5. The van der Waals surface area contributed by atoms with Crippen LogP contribution in [0.5, 0.6) is 0 Å². The Morgan fingerprint density at radius 2 is 2.05 bits per heavy atom. The van der Waals surface area contributed by atoms with Gasteiger partial charge in [0, 0.05) is 19.4 Å². The molecule has 0 aliphatic carbocycles. The monoisotopic (exact) mass is 315 g/mol. The number of thioether (sulfide) groups is 1. The lowest BCUT2D eigenvalue weighted by Gasteiger charge is -2.28. The normalized spacial score (nSPS) is 17.0. The van der Waals surface area contributed by atoms with Gasteiger partial charge in [-0.1, -0.05) is 36.0 Å². The van der Waals surface area contributed by atoms with E-state index in [0.29, 0.717) is 16.5 Å². The van der Waals surface area contributed by atoms with Crippen LogP contribution in [0.2, 0.25) is 0 Å². The predicted octanol–water partition coefficient (Wildman–Crippen LogP) is 2.28. The van der Waals surface area contributed by atoms with Crippen LogP contribution in [0.25, 0.3) is 0 Å². The molecule has 1 amide bonds. The standard InChI is InChI=1S/C16H17N3O2S/c1-9-6-4-5-7-10(9)11-8-12(20)17-14-13(11)15(21)18-16(22-3)19(14)2/h4-7,11H,8H2,1-3H3,(H,17,20)/t11-/m0/s1. The number of hydrogen-bond acceptors (Lipinski definition) is 4. The minimum absolute atomic E-state index is 0.0750. The Bertz CT molecular complexity index is 814. The van der Waals surface area contributed by atoms with Gasteiger partial charge in [-0.15, -0.1) is 0 Å². The Morgan fingerprint density at radius 3 is 2.73 bits per heavy atom. The van der Waals surface area contributed by atoms with Crippen LogP contribution < -0.4 is 10.9 Å². The molecule has 0 spiro atoms. The van der Waals surface area contributed by atoms with Crippen LogP contribution in [0.4, 0.5) is 5.82 Å². The second-order valence-corrected chi connectivity index (χ2v) is 6.16. The summed E-state index contributed by atoms with van der Waals surface area (Å²) >= 11 is 1.38. The smallest absolute Gasteiger partial charge is 0.279 e. The first-order chi connectivity index (χ1) is 10.5. The number of nitrogens with one attached hydrogen (secondary N) is 1. The molecule has 0 unspecified atom stereocenters. The quantitative estimate of drug-likeness (QED) is 0.682. The molecule has 1 atom stereocenters. The van der Waals surface area contributed by atoms with Crippen molar-refractivity contribution in [3.05, 3.63) is 51.3 Å². The zero-order valence-corrected chi connectivity index (χ0v) is 13.5. The van der Waals surface area contributed by atoms with E-state index in [0.717, 1.165) is 11.1 Å². The van der Waals surface area contributed by atoms with Crippen molar-refractivity contribution >= 4 is 23.5 Å². The maximum Gasteiger partial charge on any atom is 0.279 e. The van der Waals surface area contributed by atoms with E-state index in [1.54, 1.807) is 4.57 Å². The van der Waals surface area contributed by atoms with Gasteiger partial charge >= 0.3 is 0 Å². The van der Waals surface area contributed by atoms with Crippen LogP contribution >= 0.6 is 11.8 Å². The van der Waals surface area contributed by atoms with E-state index in [9.17, 15) is 9.59 Å². The first kappa shape index (κ1) is 14.8. The predicted molar refractivity (Wildman–Crippen MR) is 87.5 cm³/mol. The molecule has 22 heavy (non-hydrogen) atoms. The highest BCUT2D eigenvalue weighted by atomic mass is 32.2. The maximum absolute atomic E-state index is 12.5. The summed E-state index contributed by atoms with van der Waals surface area (Å²) in [6.07, 6.45) is 2.13. The molecule has 1 aliphatic heterocycles. The van der Waals surface area contributed by atoms with E-state index in [1.807, 2.05) is 44.5 Å². The fourth-order valence-electron chi connectivity index (χ4n) is 2.96. The number of benzene rings is 1. The van der Waals surface area contributed by atoms with Gasteiger partial charge in [0.2, 0.25) is 5.91 Å². The lowest BCUT2D eigenvalue weighted by molar-refractivity contribution is -0.116. The number of carbonyl (C=O) groups is 1. The lowest BCUT2D eigenvalue weighted by atomic mass is 9.84. The third-order valence-corrected chi connectivity index (χ3v) is 4.78. The Kier molecular flexibility index (Phi) is 3.78. The van der Waals surface area contributed by atoms with Crippen molar-refractivity contribution in [2.75, 3.05) is 11.6 Å². The SMILES string of the molecule is CSc1nc(=O)c2c(n1C)NC(=O)C[C@H]2c1ccccc1C. The van der Waals surface area contributed by atoms with E-state index in [-0.39, 0.29) is 23.8 Å². The molecule has 1 N–H and O–H groups in total. The highest BCUT2D eigenvalue weighted by molar-refractivity contribution is 7.98. The molecule has 6 heteroatoms. The first-order valence-electron chi connectivity index (χ1n) is 7.03. The second-order valence-electron chi connectivity index (χ2n) is 5.39. The summed E-state index contributed by atoms with van der Waals surface area (Å²) in [5, 5.41) is 3.43. The van der Waals surface area contributed by atoms with Crippen molar-refractivity contribution in [2.45, 2.75) is 24.4 Å². The lowest BCUT2D eigenvalue weighted by Crippen LogP contribution is -2.33. The molecule has 1 aliphatic rings. The summed E-state index contributed by atoms with van der Waals surface area (Å²) in [6.45, 7) is 2.00. The van der Waals surface area contributed by atoms with E-state index in [4.69, 9.17) is 0 Å². The van der Waals surface area contributed by atoms with E-state index in [2.05, 4.69) is 10.3 Å². The van der Waals surface area contributed by atoms with Crippen LogP contribution in [-0.2, 0) is 11.8 Å². The molecular weight excluding hydrogens is 298 g/mol. The van der Waals surface area contributed by atoms with Crippen LogP contribution in [0.1, 0.15) is 29.0 Å². The number of nitrogens with zero attached hydrogens (tertiary/aromatic N) is 2. The van der Waals surface area contributed by atoms with Crippen molar-refractivity contribution in [3.63, 3.8) is 0 Å². The molecule has 3 rings (SSSR count). The molecular formula is C16H17N3O2S. The summed E-state index contributed by atoms with van der Waals surface area (Å²) in [5.74, 6) is 0.245. The number of aromatic nitrogens is 2. The van der Waals surface area contributed by atoms with Gasteiger partial charge in [-0.3, -0.25) is 9.59 Å². The third kappa shape index (κ3) is 2.33. The largest absolute Gasteiger partial charge is 0.312 e. The van der Waals surface area contributed by atoms with Gasteiger partial charge in [-0.2, -0.15) is 4.98 Å². The molecule has 0 saturated heterocycles.